The van der Waals surface area contributed by atoms with Crippen LogP contribution in [0.1, 0.15) is 19.8 Å². The first kappa shape index (κ1) is 15.2. The molecule has 0 aromatic carbocycles. The van der Waals surface area contributed by atoms with Gasteiger partial charge >= 0.3 is 5.97 Å². The summed E-state index contributed by atoms with van der Waals surface area (Å²) in [5.41, 5.74) is 5.64. The lowest BCUT2D eigenvalue weighted by Crippen LogP contribution is -2.41. The summed E-state index contributed by atoms with van der Waals surface area (Å²) in [6.07, 6.45) is 3.02. The highest BCUT2D eigenvalue weighted by Crippen LogP contribution is 2.01. The van der Waals surface area contributed by atoms with E-state index in [1.807, 2.05) is 6.26 Å². The summed E-state index contributed by atoms with van der Waals surface area (Å²) < 4.78 is 0. The van der Waals surface area contributed by atoms with Gasteiger partial charge in [0.25, 0.3) is 0 Å². The molecule has 94 valence electrons. The number of carbonyl (C=O) groups is 2. The molecule has 6 heteroatoms. The third kappa shape index (κ3) is 6.68. The van der Waals surface area contributed by atoms with Crippen LogP contribution in [0, 0.1) is 5.92 Å². The fraction of sp³-hybridized carbons (Fsp3) is 0.800. The zero-order valence-corrected chi connectivity index (χ0v) is 10.5. The molecule has 0 saturated heterocycles. The minimum Gasteiger partial charge on any atom is -0.481 e. The Kier molecular flexibility index (Phi) is 8.01. The van der Waals surface area contributed by atoms with Crippen LogP contribution in [0.2, 0.25) is 0 Å². The van der Waals surface area contributed by atoms with Crippen LogP contribution in [0.15, 0.2) is 0 Å². The molecule has 0 heterocycles. The highest BCUT2D eigenvalue weighted by Gasteiger charge is 2.14. The third-order valence-electron chi connectivity index (χ3n) is 2.27. The summed E-state index contributed by atoms with van der Waals surface area (Å²) in [4.78, 5) is 21.9. The summed E-state index contributed by atoms with van der Waals surface area (Å²) in [6, 6.07) is -0.493. The summed E-state index contributed by atoms with van der Waals surface area (Å²) >= 11 is 1.64. The van der Waals surface area contributed by atoms with Gasteiger partial charge in [-0.2, -0.15) is 11.8 Å². The average molecular weight is 248 g/mol. The van der Waals surface area contributed by atoms with Gasteiger partial charge in [-0.1, -0.05) is 6.92 Å². The maximum absolute atomic E-state index is 11.4. The Hall–Kier alpha value is -0.750. The Morgan fingerprint density at radius 2 is 2.06 bits per heavy atom. The highest BCUT2D eigenvalue weighted by atomic mass is 32.2. The van der Waals surface area contributed by atoms with Gasteiger partial charge in [-0.25, -0.2) is 0 Å². The average Bonchev–Trinajstić information content (AvgIpc) is 2.25. The maximum atomic E-state index is 11.4. The molecular formula is C10H20N2O3S. The van der Waals surface area contributed by atoms with E-state index in [9.17, 15) is 9.59 Å². The number of carboxylic acids is 1. The molecule has 0 aliphatic heterocycles. The van der Waals surface area contributed by atoms with Gasteiger partial charge in [-0.05, 0) is 24.9 Å². The number of carboxylic acid groups (broad SMARTS) is 1. The normalized spacial score (nSPS) is 14.2. The largest absolute Gasteiger partial charge is 0.481 e. The van der Waals surface area contributed by atoms with Crippen molar-refractivity contribution in [1.82, 2.24) is 5.32 Å². The monoisotopic (exact) mass is 248 g/mol. The van der Waals surface area contributed by atoms with Gasteiger partial charge in [-0.15, -0.1) is 0 Å². The molecule has 0 aromatic rings. The van der Waals surface area contributed by atoms with Crippen LogP contribution in [0.3, 0.4) is 0 Å². The topological polar surface area (TPSA) is 92.4 Å². The van der Waals surface area contributed by atoms with Gasteiger partial charge in [0, 0.05) is 6.54 Å². The fourth-order valence-electron chi connectivity index (χ4n) is 1.04. The van der Waals surface area contributed by atoms with Crippen LogP contribution < -0.4 is 11.1 Å². The van der Waals surface area contributed by atoms with E-state index in [0.717, 1.165) is 5.75 Å². The number of amides is 1. The first-order valence-corrected chi connectivity index (χ1v) is 6.63. The molecule has 0 radical (unpaired) electrons. The van der Waals surface area contributed by atoms with Gasteiger partial charge < -0.3 is 16.2 Å². The van der Waals surface area contributed by atoms with Gasteiger partial charge in [0.05, 0.1) is 12.0 Å². The second-order valence-corrected chi connectivity index (χ2v) is 4.69. The van der Waals surface area contributed by atoms with E-state index in [-0.39, 0.29) is 5.91 Å². The summed E-state index contributed by atoms with van der Waals surface area (Å²) in [6.45, 7) is 1.97. The van der Waals surface area contributed by atoms with Gasteiger partial charge in [0.15, 0.2) is 0 Å². The molecule has 0 aliphatic rings. The molecule has 0 saturated carbocycles. The van der Waals surface area contributed by atoms with Crippen molar-refractivity contribution in [3.8, 4) is 0 Å². The second kappa shape index (κ2) is 8.41. The van der Waals surface area contributed by atoms with E-state index in [0.29, 0.717) is 19.4 Å². The van der Waals surface area contributed by atoms with E-state index < -0.39 is 17.9 Å². The maximum Gasteiger partial charge on any atom is 0.306 e. The minimum atomic E-state index is -0.846. The standard InChI is InChI=1S/C10H20N2O3S/c1-7(10(14)15)3-5-12-9(13)8(11)4-6-16-2/h7-8H,3-6,11H2,1-2H3,(H,12,13)(H,14,15)/t7?,8-/m1/s1. The first-order chi connectivity index (χ1) is 7.49. The van der Waals surface area contributed by atoms with Crippen molar-refractivity contribution in [2.24, 2.45) is 11.7 Å². The molecule has 0 spiro atoms. The molecule has 16 heavy (non-hydrogen) atoms. The lowest BCUT2D eigenvalue weighted by Gasteiger charge is -2.12. The van der Waals surface area contributed by atoms with Crippen molar-refractivity contribution >= 4 is 23.6 Å². The van der Waals surface area contributed by atoms with Crippen LogP contribution in [0.5, 0.6) is 0 Å². The molecule has 0 bridgehead atoms. The number of rotatable bonds is 8. The predicted molar refractivity (Wildman–Crippen MR) is 65.4 cm³/mol. The number of hydrogen-bond acceptors (Lipinski definition) is 4. The summed E-state index contributed by atoms with van der Waals surface area (Å²) in [5, 5.41) is 11.3. The molecule has 4 N–H and O–H groups in total. The number of nitrogens with one attached hydrogen (secondary N) is 1. The SMILES string of the molecule is CSCC[C@@H](N)C(=O)NCCC(C)C(=O)O. The van der Waals surface area contributed by atoms with Crippen LogP contribution in [-0.2, 0) is 9.59 Å². The van der Waals surface area contributed by atoms with Crippen molar-refractivity contribution in [2.75, 3.05) is 18.6 Å². The van der Waals surface area contributed by atoms with Gasteiger partial charge in [-0.3, -0.25) is 9.59 Å². The van der Waals surface area contributed by atoms with E-state index >= 15 is 0 Å². The molecule has 5 nitrogen and oxygen atoms in total. The Morgan fingerprint density at radius 3 is 2.56 bits per heavy atom. The van der Waals surface area contributed by atoms with Crippen molar-refractivity contribution in [3.05, 3.63) is 0 Å². The minimum absolute atomic E-state index is 0.202. The zero-order valence-electron chi connectivity index (χ0n) is 9.73. The van der Waals surface area contributed by atoms with E-state index in [2.05, 4.69) is 5.32 Å². The number of aliphatic carboxylic acids is 1. The van der Waals surface area contributed by atoms with Crippen molar-refractivity contribution in [3.63, 3.8) is 0 Å². The van der Waals surface area contributed by atoms with E-state index in [4.69, 9.17) is 10.8 Å². The lowest BCUT2D eigenvalue weighted by molar-refractivity contribution is -0.141. The molecule has 0 aliphatic carbocycles. The number of hydrogen-bond donors (Lipinski definition) is 3. The lowest BCUT2D eigenvalue weighted by atomic mass is 10.1. The predicted octanol–water partition coefficient (Wildman–Crippen LogP) is 0.294. The quantitative estimate of drug-likeness (QED) is 0.574. The summed E-state index contributed by atoms with van der Waals surface area (Å²) in [7, 11) is 0. The van der Waals surface area contributed by atoms with Crippen molar-refractivity contribution < 1.29 is 14.7 Å². The Bertz CT molecular complexity index is 236. The molecule has 1 amide bonds. The van der Waals surface area contributed by atoms with Crippen LogP contribution >= 0.6 is 11.8 Å². The smallest absolute Gasteiger partial charge is 0.306 e. The molecule has 1 unspecified atom stereocenters. The van der Waals surface area contributed by atoms with Crippen LogP contribution in [-0.4, -0.2) is 41.6 Å². The second-order valence-electron chi connectivity index (χ2n) is 3.71. The third-order valence-corrected chi connectivity index (χ3v) is 2.91. The Labute approximate surface area is 100 Å². The fourth-order valence-corrected chi connectivity index (χ4v) is 1.53. The number of thioether (sulfide) groups is 1. The highest BCUT2D eigenvalue weighted by molar-refractivity contribution is 7.98. The Balaban J connectivity index is 3.68. The molecular weight excluding hydrogens is 228 g/mol. The number of nitrogens with two attached hydrogens (primary N) is 1. The van der Waals surface area contributed by atoms with Crippen molar-refractivity contribution in [2.45, 2.75) is 25.8 Å². The van der Waals surface area contributed by atoms with E-state index in [1.54, 1.807) is 18.7 Å². The first-order valence-electron chi connectivity index (χ1n) is 5.24. The van der Waals surface area contributed by atoms with Gasteiger partial charge in [0.2, 0.25) is 5.91 Å². The Morgan fingerprint density at radius 1 is 1.44 bits per heavy atom. The van der Waals surface area contributed by atoms with Gasteiger partial charge in [0.1, 0.15) is 0 Å². The molecule has 0 fully saturated rings. The molecule has 0 rings (SSSR count). The zero-order chi connectivity index (χ0) is 12.6. The van der Waals surface area contributed by atoms with Crippen molar-refractivity contribution in [1.29, 1.82) is 0 Å². The summed E-state index contributed by atoms with van der Waals surface area (Å²) in [5.74, 6) is -0.643. The number of carbonyl (C=O) groups excluding carboxylic acids is 1. The molecule has 0 aromatic heterocycles. The van der Waals surface area contributed by atoms with Crippen LogP contribution in [0.25, 0.3) is 0 Å². The molecule has 2 atom stereocenters. The van der Waals surface area contributed by atoms with Crippen LogP contribution in [0.4, 0.5) is 0 Å². The van der Waals surface area contributed by atoms with E-state index in [1.165, 1.54) is 0 Å².